The smallest absolute Gasteiger partial charge is 0.335 e. The normalized spacial score (nSPS) is 9.43. The molecule has 0 saturated heterocycles. The number of hydrogen-bond donors (Lipinski definition) is 1. The molecular formula is C9H6ClNO2S. The van der Waals surface area contributed by atoms with E-state index < -0.39 is 5.97 Å². The van der Waals surface area contributed by atoms with Gasteiger partial charge in [0.1, 0.15) is 0 Å². The first-order chi connectivity index (χ1) is 6.63. The van der Waals surface area contributed by atoms with Gasteiger partial charge in [0.25, 0.3) is 0 Å². The van der Waals surface area contributed by atoms with Crippen LogP contribution in [0.25, 0.3) is 0 Å². The van der Waals surface area contributed by atoms with Gasteiger partial charge >= 0.3 is 5.97 Å². The molecule has 0 heterocycles. The van der Waals surface area contributed by atoms with Crippen LogP contribution >= 0.6 is 23.4 Å². The van der Waals surface area contributed by atoms with Crippen molar-refractivity contribution in [2.45, 2.75) is 4.90 Å². The minimum absolute atomic E-state index is 0.137. The van der Waals surface area contributed by atoms with Crippen molar-refractivity contribution in [2.24, 2.45) is 0 Å². The molecule has 0 fully saturated rings. The number of carboxylic acid groups (broad SMARTS) is 1. The zero-order valence-electron chi connectivity index (χ0n) is 7.03. The molecule has 1 rings (SSSR count). The Labute approximate surface area is 90.3 Å². The summed E-state index contributed by atoms with van der Waals surface area (Å²) in [7, 11) is 0. The number of nitrogens with zero attached hydrogens (tertiary/aromatic N) is 1. The maximum atomic E-state index is 10.6. The molecule has 0 amide bonds. The minimum atomic E-state index is -1.02. The molecule has 3 nitrogen and oxygen atoms in total. The van der Waals surface area contributed by atoms with E-state index in [2.05, 4.69) is 0 Å². The monoisotopic (exact) mass is 227 g/mol. The number of carbonyl (C=O) groups is 1. The molecule has 0 spiro atoms. The zero-order valence-corrected chi connectivity index (χ0v) is 8.60. The Hall–Kier alpha value is -1.18. The summed E-state index contributed by atoms with van der Waals surface area (Å²) in [5.41, 5.74) is 0.137. The molecule has 0 bridgehead atoms. The summed E-state index contributed by atoms with van der Waals surface area (Å²) >= 11 is 6.97. The summed E-state index contributed by atoms with van der Waals surface area (Å²) in [5, 5.41) is 17.4. The predicted molar refractivity (Wildman–Crippen MR) is 54.7 cm³/mol. The number of halogens is 1. The van der Waals surface area contributed by atoms with Crippen LogP contribution in [0.1, 0.15) is 10.4 Å². The summed E-state index contributed by atoms with van der Waals surface area (Å²) in [6.07, 6.45) is 0. The first-order valence-electron chi connectivity index (χ1n) is 3.67. The Bertz CT molecular complexity index is 400. The van der Waals surface area contributed by atoms with E-state index in [1.165, 1.54) is 23.9 Å². The summed E-state index contributed by atoms with van der Waals surface area (Å²) in [4.78, 5) is 11.3. The average molecular weight is 228 g/mol. The van der Waals surface area contributed by atoms with E-state index in [9.17, 15) is 4.79 Å². The number of carboxylic acids is 1. The maximum Gasteiger partial charge on any atom is 0.335 e. The Morgan fingerprint density at radius 2 is 2.29 bits per heavy atom. The van der Waals surface area contributed by atoms with Gasteiger partial charge in [0, 0.05) is 9.92 Å². The van der Waals surface area contributed by atoms with Gasteiger partial charge in [-0.1, -0.05) is 11.6 Å². The van der Waals surface area contributed by atoms with Gasteiger partial charge in [0.15, 0.2) is 0 Å². The second-order valence-electron chi connectivity index (χ2n) is 2.43. The molecule has 0 atom stereocenters. The van der Waals surface area contributed by atoms with Crippen LogP contribution in [-0.2, 0) is 0 Å². The van der Waals surface area contributed by atoms with Gasteiger partial charge in [0.05, 0.1) is 17.4 Å². The molecule has 0 radical (unpaired) electrons. The van der Waals surface area contributed by atoms with Crippen LogP contribution in [-0.4, -0.2) is 16.8 Å². The fourth-order valence-electron chi connectivity index (χ4n) is 0.885. The van der Waals surface area contributed by atoms with Crippen molar-refractivity contribution >= 4 is 29.3 Å². The molecule has 0 aromatic heterocycles. The number of hydrogen-bond acceptors (Lipinski definition) is 3. The maximum absolute atomic E-state index is 10.6. The third-order valence-corrected chi connectivity index (χ3v) is 2.48. The second kappa shape index (κ2) is 4.89. The van der Waals surface area contributed by atoms with Crippen molar-refractivity contribution in [3.05, 3.63) is 28.8 Å². The van der Waals surface area contributed by atoms with Crippen LogP contribution in [0, 0.1) is 11.3 Å². The lowest BCUT2D eigenvalue weighted by Gasteiger charge is -2.00. The van der Waals surface area contributed by atoms with Crippen molar-refractivity contribution in [1.82, 2.24) is 0 Å². The van der Waals surface area contributed by atoms with E-state index in [1.807, 2.05) is 6.07 Å². The molecule has 0 aliphatic heterocycles. The van der Waals surface area contributed by atoms with Gasteiger partial charge in [-0.2, -0.15) is 5.26 Å². The van der Waals surface area contributed by atoms with Crippen molar-refractivity contribution in [1.29, 1.82) is 5.26 Å². The van der Waals surface area contributed by atoms with Crippen LogP contribution in [0.5, 0.6) is 0 Å². The number of aromatic carboxylic acids is 1. The second-order valence-corrected chi connectivity index (χ2v) is 3.91. The molecule has 14 heavy (non-hydrogen) atoms. The highest BCUT2D eigenvalue weighted by molar-refractivity contribution is 7.99. The highest BCUT2D eigenvalue weighted by Crippen LogP contribution is 2.23. The molecule has 0 unspecified atom stereocenters. The van der Waals surface area contributed by atoms with Gasteiger partial charge in [-0.05, 0) is 18.2 Å². The Morgan fingerprint density at radius 1 is 1.57 bits per heavy atom. The molecule has 72 valence electrons. The van der Waals surface area contributed by atoms with Gasteiger partial charge in [-0.3, -0.25) is 0 Å². The fourth-order valence-corrected chi connectivity index (χ4v) is 1.84. The first-order valence-corrected chi connectivity index (χ1v) is 5.03. The van der Waals surface area contributed by atoms with Crippen LogP contribution in [0.2, 0.25) is 5.02 Å². The Morgan fingerprint density at radius 3 is 2.86 bits per heavy atom. The van der Waals surface area contributed by atoms with Gasteiger partial charge in [-0.15, -0.1) is 11.8 Å². The summed E-state index contributed by atoms with van der Waals surface area (Å²) < 4.78 is 0. The van der Waals surface area contributed by atoms with Gasteiger partial charge < -0.3 is 5.11 Å². The number of nitriles is 1. The van der Waals surface area contributed by atoms with Crippen molar-refractivity contribution < 1.29 is 9.90 Å². The molecule has 0 saturated carbocycles. The van der Waals surface area contributed by atoms with Crippen molar-refractivity contribution in [3.8, 4) is 6.07 Å². The molecule has 0 aliphatic rings. The van der Waals surface area contributed by atoms with Crippen LogP contribution < -0.4 is 0 Å². The molecule has 5 heteroatoms. The average Bonchev–Trinajstić information content (AvgIpc) is 2.14. The van der Waals surface area contributed by atoms with Crippen LogP contribution in [0.3, 0.4) is 0 Å². The fraction of sp³-hybridized carbons (Fsp3) is 0.111. The first kappa shape index (κ1) is 10.9. The summed E-state index contributed by atoms with van der Waals surface area (Å²) in [6.45, 7) is 0. The molecular weight excluding hydrogens is 222 g/mol. The van der Waals surface area contributed by atoms with E-state index >= 15 is 0 Å². The van der Waals surface area contributed by atoms with E-state index in [0.717, 1.165) is 0 Å². The largest absolute Gasteiger partial charge is 0.478 e. The Balaban J connectivity index is 2.96. The highest BCUT2D eigenvalue weighted by atomic mass is 35.5. The summed E-state index contributed by atoms with van der Waals surface area (Å²) in [5.74, 6) is -0.745. The topological polar surface area (TPSA) is 61.1 Å². The van der Waals surface area contributed by atoms with E-state index in [-0.39, 0.29) is 11.3 Å². The predicted octanol–water partition coefficient (Wildman–Crippen LogP) is 2.65. The quantitative estimate of drug-likeness (QED) is 0.807. The third-order valence-electron chi connectivity index (χ3n) is 1.42. The lowest BCUT2D eigenvalue weighted by atomic mass is 10.2. The highest BCUT2D eigenvalue weighted by Gasteiger charge is 2.06. The van der Waals surface area contributed by atoms with Crippen molar-refractivity contribution in [3.63, 3.8) is 0 Å². The number of rotatable bonds is 3. The van der Waals surface area contributed by atoms with E-state index in [1.54, 1.807) is 6.07 Å². The molecule has 0 aliphatic carbocycles. The standard InChI is InChI=1S/C9H6ClNO2S/c10-7-3-6(9(12)13)4-8(5-7)14-2-1-11/h3-5H,2H2,(H,12,13). The third kappa shape index (κ3) is 2.95. The molecule has 1 N–H and O–H groups in total. The minimum Gasteiger partial charge on any atom is -0.478 e. The van der Waals surface area contributed by atoms with Crippen molar-refractivity contribution in [2.75, 3.05) is 5.75 Å². The number of benzene rings is 1. The van der Waals surface area contributed by atoms with E-state index in [0.29, 0.717) is 9.92 Å². The SMILES string of the molecule is N#CCSc1cc(Cl)cc(C(=O)O)c1. The van der Waals surface area contributed by atoms with Gasteiger partial charge in [-0.25, -0.2) is 4.79 Å². The van der Waals surface area contributed by atoms with E-state index in [4.69, 9.17) is 22.0 Å². The number of thioether (sulfide) groups is 1. The summed E-state index contributed by atoms with van der Waals surface area (Å²) in [6, 6.07) is 6.46. The molecule has 1 aromatic carbocycles. The lowest BCUT2D eigenvalue weighted by molar-refractivity contribution is 0.0696. The van der Waals surface area contributed by atoms with Gasteiger partial charge in [0.2, 0.25) is 0 Å². The van der Waals surface area contributed by atoms with Crippen LogP contribution in [0.4, 0.5) is 0 Å². The zero-order chi connectivity index (χ0) is 10.6. The van der Waals surface area contributed by atoms with Crippen LogP contribution in [0.15, 0.2) is 23.1 Å². The Kier molecular flexibility index (Phi) is 3.81. The molecule has 1 aromatic rings. The lowest BCUT2D eigenvalue weighted by Crippen LogP contribution is -1.96.